The van der Waals surface area contributed by atoms with Crippen LogP contribution >= 0.6 is 11.6 Å². The third-order valence-electron chi connectivity index (χ3n) is 1.39. The third kappa shape index (κ3) is 4.91. The van der Waals surface area contributed by atoms with Crippen LogP contribution in [0, 0.1) is 0 Å². The summed E-state index contributed by atoms with van der Waals surface area (Å²) in [6.45, 7) is 5.78. The van der Waals surface area contributed by atoms with E-state index in [1.165, 1.54) is 6.42 Å². The molecule has 0 aromatic heterocycles. The number of hydrogen-bond donors (Lipinski definition) is 0. The van der Waals surface area contributed by atoms with Crippen LogP contribution in [-0.2, 0) is 4.74 Å². The molecule has 2 heteroatoms. The minimum Gasteiger partial charge on any atom is -0.496 e. The molecule has 0 aromatic carbocycles. The Hall–Kier alpha value is -0.430. The van der Waals surface area contributed by atoms with E-state index in [2.05, 4.69) is 13.5 Å². The van der Waals surface area contributed by atoms with Gasteiger partial charge in [-0.05, 0) is 6.42 Å². The van der Waals surface area contributed by atoms with Crippen LogP contribution in [0.5, 0.6) is 0 Å². The molecule has 0 unspecified atom stereocenters. The van der Waals surface area contributed by atoms with Crippen LogP contribution in [0.3, 0.4) is 0 Å². The van der Waals surface area contributed by atoms with Gasteiger partial charge in [0.2, 0.25) is 0 Å². The zero-order valence-electron chi connectivity index (χ0n) is 7.19. The quantitative estimate of drug-likeness (QED) is 0.353. The molecule has 11 heavy (non-hydrogen) atoms. The molecule has 0 atom stereocenters. The number of unbranched alkanes of at least 4 members (excludes halogenated alkanes) is 2. The summed E-state index contributed by atoms with van der Waals surface area (Å²) in [6.07, 6.45) is 5.28. The van der Waals surface area contributed by atoms with Crippen molar-refractivity contribution in [2.75, 3.05) is 7.11 Å². The summed E-state index contributed by atoms with van der Waals surface area (Å²) in [5.41, 5.74) is 0. The van der Waals surface area contributed by atoms with Crippen molar-refractivity contribution in [3.8, 4) is 0 Å². The smallest absolute Gasteiger partial charge is 0.129 e. The Morgan fingerprint density at radius 3 is 2.73 bits per heavy atom. The fourth-order valence-electron chi connectivity index (χ4n) is 0.644. The molecular weight excluding hydrogens is 160 g/mol. The van der Waals surface area contributed by atoms with Crippen molar-refractivity contribution in [1.29, 1.82) is 0 Å². The zero-order chi connectivity index (χ0) is 8.69. The average Bonchev–Trinajstić information content (AvgIpc) is 2.03. The zero-order valence-corrected chi connectivity index (χ0v) is 7.95. The minimum absolute atomic E-state index is 0.544. The first kappa shape index (κ1) is 10.6. The first-order valence-electron chi connectivity index (χ1n) is 3.81. The van der Waals surface area contributed by atoms with Crippen molar-refractivity contribution in [2.45, 2.75) is 26.2 Å². The van der Waals surface area contributed by atoms with E-state index in [1.54, 1.807) is 7.11 Å². The topological polar surface area (TPSA) is 9.23 Å². The van der Waals surface area contributed by atoms with Crippen LogP contribution in [0.2, 0.25) is 0 Å². The normalized spacial score (nSPS) is 11.4. The molecule has 0 saturated heterocycles. The molecule has 1 nitrogen and oxygen atoms in total. The number of methoxy groups -OCH3 is 1. The van der Waals surface area contributed by atoms with Gasteiger partial charge in [0.1, 0.15) is 5.76 Å². The molecule has 64 valence electrons. The standard InChI is InChI=1S/C9H15ClO/c1-4-5-6-7-9(10)8(2)11-3/h7H,2,4-6H2,1,3H3/b9-7-. The lowest BCUT2D eigenvalue weighted by Crippen LogP contribution is -1.83. The molecule has 0 aromatic rings. The number of hydrogen-bond acceptors (Lipinski definition) is 1. The van der Waals surface area contributed by atoms with E-state index in [1.807, 2.05) is 6.08 Å². The number of halogens is 1. The largest absolute Gasteiger partial charge is 0.496 e. The van der Waals surface area contributed by atoms with Crippen LogP contribution in [0.1, 0.15) is 26.2 Å². The van der Waals surface area contributed by atoms with E-state index in [0.717, 1.165) is 12.8 Å². The Kier molecular flexibility index (Phi) is 6.05. The predicted molar refractivity (Wildman–Crippen MR) is 49.6 cm³/mol. The van der Waals surface area contributed by atoms with Crippen LogP contribution in [0.15, 0.2) is 23.4 Å². The molecule has 0 saturated carbocycles. The molecule has 0 bridgehead atoms. The van der Waals surface area contributed by atoms with E-state index in [9.17, 15) is 0 Å². The molecule has 0 aliphatic carbocycles. The van der Waals surface area contributed by atoms with Crippen molar-refractivity contribution >= 4 is 11.6 Å². The van der Waals surface area contributed by atoms with Gasteiger partial charge in [-0.25, -0.2) is 0 Å². The Morgan fingerprint density at radius 1 is 1.64 bits per heavy atom. The van der Waals surface area contributed by atoms with Gasteiger partial charge in [0, 0.05) is 0 Å². The van der Waals surface area contributed by atoms with Gasteiger partial charge >= 0.3 is 0 Å². The lowest BCUT2D eigenvalue weighted by Gasteiger charge is -2.00. The second kappa shape index (κ2) is 6.29. The third-order valence-corrected chi connectivity index (χ3v) is 1.76. The molecule has 0 heterocycles. The van der Waals surface area contributed by atoms with Gasteiger partial charge in [0.25, 0.3) is 0 Å². The molecule has 0 spiro atoms. The maximum absolute atomic E-state index is 5.80. The van der Waals surface area contributed by atoms with E-state index >= 15 is 0 Å². The highest BCUT2D eigenvalue weighted by Gasteiger charge is 1.95. The lowest BCUT2D eigenvalue weighted by atomic mass is 10.2. The summed E-state index contributed by atoms with van der Waals surface area (Å²) >= 11 is 5.80. The first-order valence-corrected chi connectivity index (χ1v) is 4.19. The Bertz CT molecular complexity index is 150. The SMILES string of the molecule is C=C(OC)/C(Cl)=C/CCCC. The van der Waals surface area contributed by atoms with Crippen molar-refractivity contribution < 1.29 is 4.74 Å². The van der Waals surface area contributed by atoms with Crippen LogP contribution in [0.25, 0.3) is 0 Å². The fourth-order valence-corrected chi connectivity index (χ4v) is 0.831. The molecule has 0 radical (unpaired) electrons. The summed E-state index contributed by atoms with van der Waals surface area (Å²) in [4.78, 5) is 0. The molecule has 0 rings (SSSR count). The van der Waals surface area contributed by atoms with Gasteiger partial charge < -0.3 is 4.74 Å². The van der Waals surface area contributed by atoms with Crippen LogP contribution < -0.4 is 0 Å². The number of allylic oxidation sites excluding steroid dienone is 2. The van der Waals surface area contributed by atoms with Gasteiger partial charge in [-0.1, -0.05) is 44.0 Å². The number of rotatable bonds is 5. The van der Waals surface area contributed by atoms with E-state index < -0.39 is 0 Å². The van der Waals surface area contributed by atoms with Gasteiger partial charge in [-0.2, -0.15) is 0 Å². The van der Waals surface area contributed by atoms with Gasteiger partial charge in [0.05, 0.1) is 12.1 Å². The summed E-state index contributed by atoms with van der Waals surface area (Å²) in [5, 5.41) is 0.626. The van der Waals surface area contributed by atoms with E-state index in [-0.39, 0.29) is 0 Å². The van der Waals surface area contributed by atoms with Crippen molar-refractivity contribution in [1.82, 2.24) is 0 Å². The van der Waals surface area contributed by atoms with Gasteiger partial charge in [-0.3, -0.25) is 0 Å². The van der Waals surface area contributed by atoms with Gasteiger partial charge in [-0.15, -0.1) is 0 Å². The second-order valence-corrected chi connectivity index (χ2v) is 2.73. The second-order valence-electron chi connectivity index (χ2n) is 2.32. The number of ether oxygens (including phenoxy) is 1. The Labute approximate surface area is 73.7 Å². The predicted octanol–water partition coefficient (Wildman–Crippen LogP) is 3.46. The fraction of sp³-hybridized carbons (Fsp3) is 0.556. The molecule has 0 fully saturated rings. The highest BCUT2D eigenvalue weighted by atomic mass is 35.5. The summed E-state index contributed by atoms with van der Waals surface area (Å²) in [7, 11) is 1.57. The molecule has 0 aliphatic heterocycles. The van der Waals surface area contributed by atoms with Crippen LogP contribution in [0.4, 0.5) is 0 Å². The average molecular weight is 175 g/mol. The highest BCUT2D eigenvalue weighted by Crippen LogP contribution is 2.14. The maximum Gasteiger partial charge on any atom is 0.129 e. The van der Waals surface area contributed by atoms with Gasteiger partial charge in [0.15, 0.2) is 0 Å². The molecule has 0 aliphatic rings. The van der Waals surface area contributed by atoms with E-state index in [0.29, 0.717) is 10.8 Å². The summed E-state index contributed by atoms with van der Waals surface area (Å²) < 4.78 is 4.85. The highest BCUT2D eigenvalue weighted by molar-refractivity contribution is 6.31. The summed E-state index contributed by atoms with van der Waals surface area (Å²) in [6, 6.07) is 0. The molecular formula is C9H15ClO. The lowest BCUT2D eigenvalue weighted by molar-refractivity contribution is 0.306. The Morgan fingerprint density at radius 2 is 2.27 bits per heavy atom. The minimum atomic E-state index is 0.544. The van der Waals surface area contributed by atoms with E-state index in [4.69, 9.17) is 16.3 Å². The molecule has 0 amide bonds. The first-order chi connectivity index (χ1) is 5.22. The van der Waals surface area contributed by atoms with Crippen molar-refractivity contribution in [2.24, 2.45) is 0 Å². The van der Waals surface area contributed by atoms with Crippen molar-refractivity contribution in [3.63, 3.8) is 0 Å². The monoisotopic (exact) mass is 174 g/mol. The van der Waals surface area contributed by atoms with Crippen LogP contribution in [-0.4, -0.2) is 7.11 Å². The van der Waals surface area contributed by atoms with Crippen molar-refractivity contribution in [3.05, 3.63) is 23.4 Å². The Balaban J connectivity index is 3.71. The maximum atomic E-state index is 5.80. The molecule has 0 N–H and O–H groups in total. The summed E-state index contributed by atoms with van der Waals surface area (Å²) in [5.74, 6) is 0.544.